The maximum atomic E-state index is 11.0. The maximum absolute atomic E-state index is 11.0. The highest BCUT2D eigenvalue weighted by atomic mass is 28.3. The molecule has 0 radical (unpaired) electrons. The van der Waals surface area contributed by atoms with E-state index in [1.165, 1.54) is 12.1 Å². The third kappa shape index (κ3) is 5.32. The van der Waals surface area contributed by atoms with Crippen molar-refractivity contribution in [3.8, 4) is 28.1 Å². The number of hydrogen-bond acceptors (Lipinski definition) is 6. The largest absolute Gasteiger partial charge is 0.497 e. The van der Waals surface area contributed by atoms with Gasteiger partial charge >= 0.3 is 0 Å². The fraction of sp³-hybridized carbons (Fsp3) is 0.280. The minimum absolute atomic E-state index is 0.0556. The van der Waals surface area contributed by atoms with E-state index in [1.807, 2.05) is 30.3 Å². The monoisotopic (exact) mass is 476 g/mol. The molecule has 0 atom stereocenters. The van der Waals surface area contributed by atoms with E-state index in [9.17, 15) is 10.1 Å². The predicted octanol–water partition coefficient (Wildman–Crippen LogP) is 5.99. The van der Waals surface area contributed by atoms with E-state index in [1.54, 1.807) is 30.1 Å². The number of methoxy groups -OCH3 is 1. The lowest BCUT2D eigenvalue weighted by Crippen LogP contribution is -2.22. The Bertz CT molecular complexity index is 1300. The molecular formula is C25H28N4O4Si. The lowest BCUT2D eigenvalue weighted by Gasteiger charge is -2.15. The van der Waals surface area contributed by atoms with Gasteiger partial charge in [0, 0.05) is 49.5 Å². The zero-order valence-electron chi connectivity index (χ0n) is 19.8. The summed E-state index contributed by atoms with van der Waals surface area (Å²) in [6, 6.07) is 17.3. The standard InChI is InChI=1S/C25H28N4O4Si/c1-32-22-11-7-19(8-12-22)24-23-15-20(18-5-9-21(10-6-18)29(30)31)16-26-25(23)28(27-24)17-33-13-14-34(2,3)4/h5-12,15-16H,13-14,17H2,1-4H3. The lowest BCUT2D eigenvalue weighted by molar-refractivity contribution is -0.384. The zero-order valence-corrected chi connectivity index (χ0v) is 20.8. The van der Waals surface area contributed by atoms with Crippen LogP contribution >= 0.6 is 0 Å². The molecule has 4 rings (SSSR count). The van der Waals surface area contributed by atoms with Crippen LogP contribution in [0.2, 0.25) is 25.7 Å². The Morgan fingerprint density at radius 3 is 2.29 bits per heavy atom. The number of fused-ring (bicyclic) bond motifs is 1. The minimum Gasteiger partial charge on any atom is -0.497 e. The Kier molecular flexibility index (Phi) is 6.76. The molecule has 176 valence electrons. The third-order valence-electron chi connectivity index (χ3n) is 5.57. The molecule has 2 heterocycles. The van der Waals surface area contributed by atoms with Crippen LogP contribution < -0.4 is 4.74 Å². The van der Waals surface area contributed by atoms with Crippen LogP contribution in [-0.2, 0) is 11.5 Å². The van der Waals surface area contributed by atoms with E-state index in [0.29, 0.717) is 13.3 Å². The van der Waals surface area contributed by atoms with E-state index in [4.69, 9.17) is 19.6 Å². The van der Waals surface area contributed by atoms with Gasteiger partial charge in [-0.15, -0.1) is 0 Å². The summed E-state index contributed by atoms with van der Waals surface area (Å²) in [5.41, 5.74) is 4.22. The zero-order chi connectivity index (χ0) is 24.3. The molecule has 4 aromatic rings. The first kappa shape index (κ1) is 23.6. The van der Waals surface area contributed by atoms with Crippen LogP contribution in [0.3, 0.4) is 0 Å². The van der Waals surface area contributed by atoms with Gasteiger partial charge in [0.05, 0.1) is 12.0 Å². The van der Waals surface area contributed by atoms with Crippen molar-refractivity contribution in [2.45, 2.75) is 32.4 Å². The summed E-state index contributed by atoms with van der Waals surface area (Å²) in [6.07, 6.45) is 1.77. The van der Waals surface area contributed by atoms with Crippen molar-refractivity contribution in [1.29, 1.82) is 0 Å². The summed E-state index contributed by atoms with van der Waals surface area (Å²) < 4.78 is 13.0. The van der Waals surface area contributed by atoms with Gasteiger partial charge in [0.15, 0.2) is 5.65 Å². The molecule has 2 aromatic heterocycles. The highest BCUT2D eigenvalue weighted by Crippen LogP contribution is 2.32. The summed E-state index contributed by atoms with van der Waals surface area (Å²) in [5, 5.41) is 16.7. The normalized spacial score (nSPS) is 11.6. The summed E-state index contributed by atoms with van der Waals surface area (Å²) in [6.45, 7) is 7.98. The second kappa shape index (κ2) is 9.74. The van der Waals surface area contributed by atoms with Crippen LogP contribution in [0.4, 0.5) is 5.69 Å². The number of rotatable bonds is 9. The van der Waals surface area contributed by atoms with Gasteiger partial charge in [-0.3, -0.25) is 10.1 Å². The van der Waals surface area contributed by atoms with Crippen LogP contribution in [0.1, 0.15) is 0 Å². The molecule has 0 aliphatic rings. The van der Waals surface area contributed by atoms with Gasteiger partial charge in [0.2, 0.25) is 0 Å². The first-order valence-corrected chi connectivity index (χ1v) is 14.8. The van der Waals surface area contributed by atoms with E-state index >= 15 is 0 Å². The Labute approximate surface area is 199 Å². The number of nitrogens with zero attached hydrogens (tertiary/aromatic N) is 4. The van der Waals surface area contributed by atoms with Crippen LogP contribution in [0.5, 0.6) is 5.75 Å². The molecule has 2 aromatic carbocycles. The molecule has 0 unspecified atom stereocenters. The first-order valence-electron chi connectivity index (χ1n) is 11.1. The van der Waals surface area contributed by atoms with Gasteiger partial charge in [-0.2, -0.15) is 5.10 Å². The molecule has 0 fully saturated rings. The second-order valence-electron chi connectivity index (χ2n) is 9.32. The van der Waals surface area contributed by atoms with E-state index < -0.39 is 13.0 Å². The van der Waals surface area contributed by atoms with E-state index in [2.05, 4.69) is 19.6 Å². The average molecular weight is 477 g/mol. The highest BCUT2D eigenvalue weighted by Gasteiger charge is 2.17. The predicted molar refractivity (Wildman–Crippen MR) is 136 cm³/mol. The first-order chi connectivity index (χ1) is 16.2. The van der Waals surface area contributed by atoms with Gasteiger partial charge in [0.1, 0.15) is 18.2 Å². The number of non-ortho nitro benzene ring substituents is 1. The van der Waals surface area contributed by atoms with Crippen molar-refractivity contribution in [3.63, 3.8) is 0 Å². The molecule has 0 saturated carbocycles. The third-order valence-corrected chi connectivity index (χ3v) is 7.28. The van der Waals surface area contributed by atoms with Gasteiger partial charge in [0.25, 0.3) is 5.69 Å². The Balaban J connectivity index is 1.72. The molecule has 9 heteroatoms. The molecule has 0 aliphatic heterocycles. The van der Waals surface area contributed by atoms with Crippen molar-refractivity contribution < 1.29 is 14.4 Å². The van der Waals surface area contributed by atoms with Crippen molar-refractivity contribution in [1.82, 2.24) is 14.8 Å². The fourth-order valence-electron chi connectivity index (χ4n) is 3.57. The molecule has 0 N–H and O–H groups in total. The molecule has 0 spiro atoms. The summed E-state index contributed by atoms with van der Waals surface area (Å²) >= 11 is 0. The Morgan fingerprint density at radius 1 is 1.00 bits per heavy atom. The quantitative estimate of drug-likeness (QED) is 0.127. The topological polar surface area (TPSA) is 92.3 Å². The molecule has 0 bridgehead atoms. The maximum Gasteiger partial charge on any atom is 0.269 e. The molecule has 0 aliphatic carbocycles. The van der Waals surface area contributed by atoms with Crippen LogP contribution in [0.15, 0.2) is 60.8 Å². The fourth-order valence-corrected chi connectivity index (χ4v) is 4.33. The summed E-state index contributed by atoms with van der Waals surface area (Å²) in [4.78, 5) is 15.3. The number of hydrogen-bond donors (Lipinski definition) is 0. The highest BCUT2D eigenvalue weighted by molar-refractivity contribution is 6.76. The summed E-state index contributed by atoms with van der Waals surface area (Å²) in [7, 11) is 0.450. The minimum atomic E-state index is -1.19. The van der Waals surface area contributed by atoms with E-state index in [-0.39, 0.29) is 5.69 Å². The van der Waals surface area contributed by atoms with Gasteiger partial charge in [-0.1, -0.05) is 19.6 Å². The Morgan fingerprint density at radius 2 is 1.68 bits per heavy atom. The van der Waals surface area contributed by atoms with Crippen molar-refractivity contribution in [2.75, 3.05) is 13.7 Å². The molecule has 0 amide bonds. The molecule has 8 nitrogen and oxygen atoms in total. The van der Waals surface area contributed by atoms with Crippen LogP contribution in [0.25, 0.3) is 33.4 Å². The number of nitro benzene ring substituents is 1. The summed E-state index contributed by atoms with van der Waals surface area (Å²) in [5.74, 6) is 0.770. The van der Waals surface area contributed by atoms with E-state index in [0.717, 1.165) is 45.2 Å². The van der Waals surface area contributed by atoms with Gasteiger partial charge < -0.3 is 9.47 Å². The van der Waals surface area contributed by atoms with Gasteiger partial charge in [-0.05, 0) is 54.1 Å². The number of nitro groups is 1. The number of ether oxygens (including phenoxy) is 2. The van der Waals surface area contributed by atoms with Crippen LogP contribution in [-0.4, -0.2) is 41.5 Å². The lowest BCUT2D eigenvalue weighted by atomic mass is 10.0. The molecule has 34 heavy (non-hydrogen) atoms. The number of benzene rings is 2. The van der Waals surface area contributed by atoms with Crippen LogP contribution in [0, 0.1) is 10.1 Å². The second-order valence-corrected chi connectivity index (χ2v) is 14.9. The SMILES string of the molecule is COc1ccc(-c2nn(COCC[Si](C)(C)C)c3ncc(-c4ccc([N+](=O)[O-])cc4)cc23)cc1. The van der Waals surface area contributed by atoms with Crippen molar-refractivity contribution in [3.05, 3.63) is 70.9 Å². The molecule has 0 saturated heterocycles. The number of pyridine rings is 1. The van der Waals surface area contributed by atoms with Gasteiger partial charge in [-0.25, -0.2) is 9.67 Å². The molecular weight excluding hydrogens is 448 g/mol. The van der Waals surface area contributed by atoms with Crippen molar-refractivity contribution in [2.24, 2.45) is 0 Å². The van der Waals surface area contributed by atoms with Crippen molar-refractivity contribution >= 4 is 24.8 Å². The smallest absolute Gasteiger partial charge is 0.269 e. The Hall–Kier alpha value is -3.56. The number of aromatic nitrogens is 3. The average Bonchev–Trinajstić information content (AvgIpc) is 3.19.